The monoisotopic (exact) mass is 315 g/mol. The minimum atomic E-state index is -3.57. The van der Waals surface area contributed by atoms with Gasteiger partial charge in [-0.3, -0.25) is 4.31 Å². The van der Waals surface area contributed by atoms with Gasteiger partial charge in [0.1, 0.15) is 0 Å². The lowest BCUT2D eigenvalue weighted by Crippen LogP contribution is -2.31. The van der Waals surface area contributed by atoms with Crippen molar-refractivity contribution >= 4 is 15.7 Å². The summed E-state index contributed by atoms with van der Waals surface area (Å²) in [7, 11) is -3.57. The fourth-order valence-corrected chi connectivity index (χ4v) is 3.62. The quantitative estimate of drug-likeness (QED) is 0.753. The third kappa shape index (κ3) is 3.57. The molecule has 116 valence electrons. The number of nitrogens with zero attached hydrogens (tertiary/aromatic N) is 1. The highest BCUT2D eigenvalue weighted by atomic mass is 32.2. The zero-order chi connectivity index (χ0) is 16.2. The lowest BCUT2D eigenvalue weighted by molar-refractivity contribution is 0.591. The van der Waals surface area contributed by atoms with Crippen molar-refractivity contribution in [2.75, 3.05) is 10.8 Å². The van der Waals surface area contributed by atoms with Crippen molar-refractivity contribution in [1.82, 2.24) is 0 Å². The van der Waals surface area contributed by atoms with Crippen LogP contribution in [0.4, 0.5) is 5.69 Å². The summed E-state index contributed by atoms with van der Waals surface area (Å²) in [5.41, 5.74) is 2.81. The Morgan fingerprint density at radius 2 is 1.45 bits per heavy atom. The van der Waals surface area contributed by atoms with E-state index < -0.39 is 10.0 Å². The van der Waals surface area contributed by atoms with Crippen LogP contribution >= 0.6 is 0 Å². The van der Waals surface area contributed by atoms with Crippen LogP contribution in [0.1, 0.15) is 17.5 Å². The maximum atomic E-state index is 12.9. The molecule has 0 unspecified atom stereocenters. The molecule has 0 fully saturated rings. The SMILES string of the molecule is C=CCCN(c1ccc(C)cc1)S(=O)(=O)c1ccc(C)cc1. The van der Waals surface area contributed by atoms with Crippen molar-refractivity contribution in [3.63, 3.8) is 0 Å². The molecule has 2 aromatic carbocycles. The van der Waals surface area contributed by atoms with Gasteiger partial charge in [-0.25, -0.2) is 8.42 Å². The van der Waals surface area contributed by atoms with E-state index in [0.717, 1.165) is 11.1 Å². The number of aryl methyl sites for hydroxylation is 2. The van der Waals surface area contributed by atoms with Gasteiger partial charge < -0.3 is 0 Å². The van der Waals surface area contributed by atoms with E-state index in [1.165, 1.54) is 4.31 Å². The van der Waals surface area contributed by atoms with Gasteiger partial charge in [-0.2, -0.15) is 0 Å². The molecule has 2 aromatic rings. The summed E-state index contributed by atoms with van der Waals surface area (Å²) in [6, 6.07) is 14.4. The molecule has 0 radical (unpaired) electrons. The highest BCUT2D eigenvalue weighted by Crippen LogP contribution is 2.24. The van der Waals surface area contributed by atoms with Crippen LogP contribution in [0, 0.1) is 13.8 Å². The average Bonchev–Trinajstić information content (AvgIpc) is 2.49. The molecule has 0 bridgehead atoms. The van der Waals surface area contributed by atoms with Gasteiger partial charge in [-0.15, -0.1) is 6.58 Å². The van der Waals surface area contributed by atoms with Gasteiger partial charge in [-0.05, 0) is 44.5 Å². The Kier molecular flexibility index (Phi) is 5.03. The van der Waals surface area contributed by atoms with Crippen LogP contribution in [0.2, 0.25) is 0 Å². The molecule has 0 amide bonds. The zero-order valence-corrected chi connectivity index (χ0v) is 13.8. The summed E-state index contributed by atoms with van der Waals surface area (Å²) in [5, 5.41) is 0. The molecule has 0 heterocycles. The van der Waals surface area contributed by atoms with E-state index in [1.54, 1.807) is 18.2 Å². The van der Waals surface area contributed by atoms with Crippen LogP contribution in [0.3, 0.4) is 0 Å². The zero-order valence-electron chi connectivity index (χ0n) is 13.0. The van der Waals surface area contributed by atoms with Gasteiger partial charge >= 0.3 is 0 Å². The summed E-state index contributed by atoms with van der Waals surface area (Å²) in [5.74, 6) is 0. The first-order chi connectivity index (χ1) is 10.4. The largest absolute Gasteiger partial charge is 0.266 e. The van der Waals surface area contributed by atoms with Crippen LogP contribution in [0.5, 0.6) is 0 Å². The van der Waals surface area contributed by atoms with Crippen molar-refractivity contribution in [2.45, 2.75) is 25.2 Å². The Morgan fingerprint density at radius 1 is 0.955 bits per heavy atom. The number of hydrogen-bond acceptors (Lipinski definition) is 2. The first kappa shape index (κ1) is 16.3. The molecule has 22 heavy (non-hydrogen) atoms. The van der Waals surface area contributed by atoms with E-state index in [4.69, 9.17) is 0 Å². The minimum Gasteiger partial charge on any atom is -0.266 e. The van der Waals surface area contributed by atoms with Gasteiger partial charge in [0, 0.05) is 6.54 Å². The first-order valence-corrected chi connectivity index (χ1v) is 8.66. The molecule has 0 aliphatic rings. The van der Waals surface area contributed by atoms with Crippen LogP contribution in [0.25, 0.3) is 0 Å². The summed E-state index contributed by atoms with van der Waals surface area (Å²) in [4.78, 5) is 0.308. The number of rotatable bonds is 6. The van der Waals surface area contributed by atoms with Gasteiger partial charge in [0.15, 0.2) is 0 Å². The number of hydrogen-bond donors (Lipinski definition) is 0. The van der Waals surface area contributed by atoms with Crippen molar-refractivity contribution in [2.24, 2.45) is 0 Å². The van der Waals surface area contributed by atoms with Crippen molar-refractivity contribution < 1.29 is 8.42 Å². The van der Waals surface area contributed by atoms with E-state index in [9.17, 15) is 8.42 Å². The highest BCUT2D eigenvalue weighted by Gasteiger charge is 2.24. The summed E-state index contributed by atoms with van der Waals surface area (Å²) in [6.45, 7) is 7.98. The molecule has 0 saturated carbocycles. The third-order valence-electron chi connectivity index (χ3n) is 3.47. The molecular formula is C18H21NO2S. The molecule has 0 saturated heterocycles. The minimum absolute atomic E-state index is 0.308. The van der Waals surface area contributed by atoms with E-state index >= 15 is 0 Å². The highest BCUT2D eigenvalue weighted by molar-refractivity contribution is 7.92. The van der Waals surface area contributed by atoms with E-state index in [-0.39, 0.29) is 0 Å². The topological polar surface area (TPSA) is 37.4 Å². The van der Waals surface area contributed by atoms with E-state index in [2.05, 4.69) is 6.58 Å². The summed E-state index contributed by atoms with van der Waals surface area (Å²) in [6.07, 6.45) is 2.32. The maximum Gasteiger partial charge on any atom is 0.264 e. The lowest BCUT2D eigenvalue weighted by atomic mass is 10.2. The second-order valence-electron chi connectivity index (χ2n) is 5.30. The van der Waals surface area contributed by atoms with Gasteiger partial charge in [0.2, 0.25) is 0 Å². The Labute approximate surface area is 133 Å². The molecule has 0 aliphatic heterocycles. The normalized spacial score (nSPS) is 11.2. The van der Waals surface area contributed by atoms with Crippen LogP contribution < -0.4 is 4.31 Å². The van der Waals surface area contributed by atoms with Crippen molar-refractivity contribution in [1.29, 1.82) is 0 Å². The molecule has 3 nitrogen and oxygen atoms in total. The number of anilines is 1. The molecule has 2 rings (SSSR count). The van der Waals surface area contributed by atoms with Crippen LogP contribution in [-0.2, 0) is 10.0 Å². The van der Waals surface area contributed by atoms with Gasteiger partial charge in [-0.1, -0.05) is 41.5 Å². The van der Waals surface area contributed by atoms with Crippen molar-refractivity contribution in [3.8, 4) is 0 Å². The standard InChI is InChI=1S/C18H21NO2S/c1-4-5-14-19(17-10-6-15(2)7-11-17)22(20,21)18-12-8-16(3)9-13-18/h4,6-13H,1,5,14H2,2-3H3. The summed E-state index contributed by atoms with van der Waals surface area (Å²) < 4.78 is 27.3. The predicted octanol–water partition coefficient (Wildman–Crippen LogP) is 4.07. The summed E-state index contributed by atoms with van der Waals surface area (Å²) >= 11 is 0. The second-order valence-corrected chi connectivity index (χ2v) is 7.17. The predicted molar refractivity (Wildman–Crippen MR) is 91.7 cm³/mol. The van der Waals surface area contributed by atoms with Crippen LogP contribution in [-0.4, -0.2) is 15.0 Å². The average molecular weight is 315 g/mol. The fraction of sp³-hybridized carbons (Fsp3) is 0.222. The van der Waals surface area contributed by atoms with E-state index in [0.29, 0.717) is 23.5 Å². The Balaban J connectivity index is 2.45. The molecule has 0 aliphatic carbocycles. The molecule has 0 N–H and O–H groups in total. The molecule has 0 aromatic heterocycles. The lowest BCUT2D eigenvalue weighted by Gasteiger charge is -2.24. The van der Waals surface area contributed by atoms with Crippen LogP contribution in [0.15, 0.2) is 66.1 Å². The van der Waals surface area contributed by atoms with Gasteiger partial charge in [0.05, 0.1) is 10.6 Å². The molecule has 4 heteroatoms. The maximum absolute atomic E-state index is 12.9. The number of sulfonamides is 1. The first-order valence-electron chi connectivity index (χ1n) is 7.22. The molecule has 0 atom stereocenters. The smallest absolute Gasteiger partial charge is 0.264 e. The molecular weight excluding hydrogens is 294 g/mol. The fourth-order valence-electron chi connectivity index (χ4n) is 2.15. The third-order valence-corrected chi connectivity index (χ3v) is 5.31. The molecule has 0 spiro atoms. The number of benzene rings is 2. The Bertz CT molecular complexity index is 732. The van der Waals surface area contributed by atoms with Gasteiger partial charge in [0.25, 0.3) is 10.0 Å². The van der Waals surface area contributed by atoms with Crippen molar-refractivity contribution in [3.05, 3.63) is 72.3 Å². The second kappa shape index (κ2) is 6.79. The van der Waals surface area contributed by atoms with E-state index in [1.807, 2.05) is 50.2 Å². The Morgan fingerprint density at radius 3 is 1.95 bits per heavy atom. The Hall–Kier alpha value is -2.07.